The van der Waals surface area contributed by atoms with E-state index in [0.717, 1.165) is 15.7 Å². The Morgan fingerprint density at radius 1 is 1.44 bits per heavy atom. The number of aromatic nitrogens is 2. The van der Waals surface area contributed by atoms with Crippen LogP contribution in [0.1, 0.15) is 21.6 Å². The second-order valence-corrected chi connectivity index (χ2v) is 4.83. The lowest BCUT2D eigenvalue weighted by Crippen LogP contribution is -2.15. The summed E-state index contributed by atoms with van der Waals surface area (Å²) in [6.07, 6.45) is 0. The minimum absolute atomic E-state index is 0.206. The summed E-state index contributed by atoms with van der Waals surface area (Å²) in [5.41, 5.74) is 8.39. The standard InChI is InChI=1S/C12H13BrN4O/c1-6-8(13)4-3-5-9(6)15-12(18)10-7(2)16-17-11(10)14/h3-5H,1-2H3,(H,15,18)(H3,14,16,17). The van der Waals surface area contributed by atoms with Crippen molar-refractivity contribution in [3.8, 4) is 0 Å². The molecular formula is C12H13BrN4O. The summed E-state index contributed by atoms with van der Waals surface area (Å²) in [6.45, 7) is 3.68. The van der Waals surface area contributed by atoms with Crippen LogP contribution in [0.3, 0.4) is 0 Å². The number of anilines is 2. The molecule has 1 aromatic carbocycles. The summed E-state index contributed by atoms with van der Waals surface area (Å²) >= 11 is 3.42. The number of aromatic amines is 1. The summed E-state index contributed by atoms with van der Waals surface area (Å²) in [7, 11) is 0. The fourth-order valence-electron chi connectivity index (χ4n) is 1.66. The molecule has 2 aromatic rings. The molecule has 0 radical (unpaired) electrons. The van der Waals surface area contributed by atoms with Gasteiger partial charge >= 0.3 is 0 Å². The molecule has 1 amide bonds. The third-order valence-electron chi connectivity index (χ3n) is 2.72. The smallest absolute Gasteiger partial charge is 0.261 e. The van der Waals surface area contributed by atoms with Crippen molar-refractivity contribution in [2.24, 2.45) is 0 Å². The van der Waals surface area contributed by atoms with E-state index in [-0.39, 0.29) is 11.7 Å². The highest BCUT2D eigenvalue weighted by Gasteiger charge is 2.17. The minimum Gasteiger partial charge on any atom is -0.382 e. The molecule has 94 valence electrons. The second-order valence-electron chi connectivity index (χ2n) is 3.98. The number of aryl methyl sites for hydroxylation is 1. The predicted molar refractivity (Wildman–Crippen MR) is 74.6 cm³/mol. The largest absolute Gasteiger partial charge is 0.382 e. The number of halogens is 1. The summed E-state index contributed by atoms with van der Waals surface area (Å²) < 4.78 is 0.942. The van der Waals surface area contributed by atoms with Gasteiger partial charge in [-0.3, -0.25) is 9.89 Å². The van der Waals surface area contributed by atoms with E-state index < -0.39 is 0 Å². The van der Waals surface area contributed by atoms with Crippen LogP contribution in [0.5, 0.6) is 0 Å². The quantitative estimate of drug-likeness (QED) is 0.797. The Balaban J connectivity index is 2.30. The van der Waals surface area contributed by atoms with Gasteiger partial charge in [0.2, 0.25) is 0 Å². The number of hydrogen-bond acceptors (Lipinski definition) is 3. The lowest BCUT2D eigenvalue weighted by Gasteiger charge is -2.09. The Morgan fingerprint density at radius 3 is 2.78 bits per heavy atom. The molecule has 6 heteroatoms. The molecule has 0 spiro atoms. The van der Waals surface area contributed by atoms with Gasteiger partial charge in [0.25, 0.3) is 5.91 Å². The van der Waals surface area contributed by atoms with Crippen molar-refractivity contribution in [2.75, 3.05) is 11.1 Å². The molecule has 4 N–H and O–H groups in total. The third-order valence-corrected chi connectivity index (χ3v) is 3.58. The van der Waals surface area contributed by atoms with E-state index in [1.807, 2.05) is 25.1 Å². The summed E-state index contributed by atoms with van der Waals surface area (Å²) in [6, 6.07) is 5.62. The van der Waals surface area contributed by atoms with E-state index in [9.17, 15) is 4.79 Å². The Bertz CT molecular complexity index is 587. The number of benzene rings is 1. The molecule has 1 aromatic heterocycles. The van der Waals surface area contributed by atoms with Gasteiger partial charge in [-0.1, -0.05) is 22.0 Å². The maximum Gasteiger partial charge on any atom is 0.261 e. The fourth-order valence-corrected chi connectivity index (χ4v) is 2.03. The number of amides is 1. The molecule has 0 fully saturated rings. The van der Waals surface area contributed by atoms with Crippen LogP contribution in [0.4, 0.5) is 11.5 Å². The number of nitrogen functional groups attached to an aromatic ring is 1. The zero-order chi connectivity index (χ0) is 13.3. The first-order chi connectivity index (χ1) is 8.50. The van der Waals surface area contributed by atoms with Crippen LogP contribution >= 0.6 is 15.9 Å². The van der Waals surface area contributed by atoms with Crippen molar-refractivity contribution in [1.82, 2.24) is 10.2 Å². The third kappa shape index (κ3) is 2.24. The highest BCUT2D eigenvalue weighted by Crippen LogP contribution is 2.24. The fraction of sp³-hybridized carbons (Fsp3) is 0.167. The van der Waals surface area contributed by atoms with E-state index in [4.69, 9.17) is 5.73 Å². The zero-order valence-corrected chi connectivity index (χ0v) is 11.6. The van der Waals surface area contributed by atoms with E-state index in [1.165, 1.54) is 0 Å². The molecule has 1 heterocycles. The molecule has 0 aliphatic carbocycles. The maximum absolute atomic E-state index is 12.1. The van der Waals surface area contributed by atoms with Gasteiger partial charge < -0.3 is 11.1 Å². The summed E-state index contributed by atoms with van der Waals surface area (Å²) in [4.78, 5) is 12.1. The van der Waals surface area contributed by atoms with Crippen LogP contribution in [0.25, 0.3) is 0 Å². The van der Waals surface area contributed by atoms with Crippen LogP contribution in [-0.4, -0.2) is 16.1 Å². The van der Waals surface area contributed by atoms with Gasteiger partial charge in [-0.15, -0.1) is 0 Å². The zero-order valence-electron chi connectivity index (χ0n) is 10.0. The van der Waals surface area contributed by atoms with Gasteiger partial charge in [-0.2, -0.15) is 5.10 Å². The molecule has 0 saturated heterocycles. The number of hydrogen-bond donors (Lipinski definition) is 3. The normalized spacial score (nSPS) is 10.4. The Labute approximate surface area is 113 Å². The Morgan fingerprint density at radius 2 is 2.17 bits per heavy atom. The molecule has 0 aliphatic heterocycles. The Kier molecular flexibility index (Phi) is 3.38. The Hall–Kier alpha value is -1.82. The van der Waals surface area contributed by atoms with E-state index >= 15 is 0 Å². The minimum atomic E-state index is -0.264. The number of nitrogens with zero attached hydrogens (tertiary/aromatic N) is 1. The van der Waals surface area contributed by atoms with Gasteiger partial charge in [0.15, 0.2) is 5.82 Å². The molecule has 0 unspecified atom stereocenters. The lowest BCUT2D eigenvalue weighted by molar-refractivity contribution is 0.102. The highest BCUT2D eigenvalue weighted by molar-refractivity contribution is 9.10. The van der Waals surface area contributed by atoms with Crippen LogP contribution in [0.15, 0.2) is 22.7 Å². The molecule has 0 aliphatic rings. The van der Waals surface area contributed by atoms with Crippen LogP contribution in [-0.2, 0) is 0 Å². The van der Waals surface area contributed by atoms with E-state index in [2.05, 4.69) is 31.4 Å². The average Bonchev–Trinajstić information content (AvgIpc) is 2.65. The van der Waals surface area contributed by atoms with Crippen molar-refractivity contribution in [3.05, 3.63) is 39.5 Å². The molecular weight excluding hydrogens is 296 g/mol. The monoisotopic (exact) mass is 308 g/mol. The first-order valence-corrected chi connectivity index (χ1v) is 6.17. The van der Waals surface area contributed by atoms with E-state index in [0.29, 0.717) is 11.3 Å². The number of nitrogens with two attached hydrogens (primary N) is 1. The predicted octanol–water partition coefficient (Wildman–Crippen LogP) is 2.62. The average molecular weight is 309 g/mol. The number of carbonyl (C=O) groups is 1. The summed E-state index contributed by atoms with van der Waals surface area (Å²) in [5, 5.41) is 9.31. The van der Waals surface area contributed by atoms with Crippen molar-refractivity contribution in [1.29, 1.82) is 0 Å². The van der Waals surface area contributed by atoms with Gasteiger partial charge in [-0.25, -0.2) is 0 Å². The van der Waals surface area contributed by atoms with E-state index in [1.54, 1.807) is 6.92 Å². The molecule has 0 saturated carbocycles. The first kappa shape index (κ1) is 12.6. The number of rotatable bonds is 2. The van der Waals surface area contributed by atoms with Gasteiger partial charge in [0, 0.05) is 15.9 Å². The van der Waals surface area contributed by atoms with Gasteiger partial charge in [-0.05, 0) is 31.5 Å². The molecule has 18 heavy (non-hydrogen) atoms. The van der Waals surface area contributed by atoms with Crippen molar-refractivity contribution < 1.29 is 4.79 Å². The van der Waals surface area contributed by atoms with Crippen LogP contribution < -0.4 is 11.1 Å². The van der Waals surface area contributed by atoms with Crippen molar-refractivity contribution in [3.63, 3.8) is 0 Å². The number of nitrogens with one attached hydrogen (secondary N) is 2. The molecule has 0 bridgehead atoms. The van der Waals surface area contributed by atoms with Crippen molar-refractivity contribution >= 4 is 33.3 Å². The van der Waals surface area contributed by atoms with Crippen LogP contribution in [0, 0.1) is 13.8 Å². The van der Waals surface area contributed by atoms with Gasteiger partial charge in [0.05, 0.1) is 0 Å². The molecule has 2 rings (SSSR count). The topological polar surface area (TPSA) is 83.8 Å². The number of carbonyl (C=O) groups excluding carboxylic acids is 1. The lowest BCUT2D eigenvalue weighted by atomic mass is 10.1. The SMILES string of the molecule is Cc1[nH]nc(N)c1C(=O)Nc1cccc(Br)c1C. The molecule has 0 atom stereocenters. The maximum atomic E-state index is 12.1. The molecule has 5 nitrogen and oxygen atoms in total. The first-order valence-electron chi connectivity index (χ1n) is 5.37. The van der Waals surface area contributed by atoms with Gasteiger partial charge in [0.1, 0.15) is 5.56 Å². The highest BCUT2D eigenvalue weighted by atomic mass is 79.9. The second kappa shape index (κ2) is 4.81. The summed E-state index contributed by atoms with van der Waals surface area (Å²) in [5.74, 6) is -0.0578. The number of H-pyrrole nitrogens is 1. The van der Waals surface area contributed by atoms with Crippen LogP contribution in [0.2, 0.25) is 0 Å². The van der Waals surface area contributed by atoms with Crippen molar-refractivity contribution in [2.45, 2.75) is 13.8 Å².